The second-order valence-electron chi connectivity index (χ2n) is 3.44. The van der Waals surface area contributed by atoms with E-state index in [4.69, 9.17) is 2.82 Å². The van der Waals surface area contributed by atoms with Gasteiger partial charge in [0.05, 0.1) is 0 Å². The first-order valence-electron chi connectivity index (χ1n) is 6.11. The lowest BCUT2D eigenvalue weighted by atomic mass is 10.3. The lowest BCUT2D eigenvalue weighted by molar-refractivity contribution is -0.354. The average molecular weight is 249 g/mol. The second kappa shape index (κ2) is 6.71. The number of hydrogen-bond donors (Lipinski definition) is 2. The topological polar surface area (TPSA) is 26.0 Å². The van der Waals surface area contributed by atoms with Crippen molar-refractivity contribution in [2.24, 2.45) is 0 Å². The van der Waals surface area contributed by atoms with Gasteiger partial charge in [0.2, 0.25) is 5.84 Å². The van der Waals surface area contributed by atoms with Crippen LogP contribution < -0.4 is 22.7 Å². The first kappa shape index (κ1) is 10.4. The highest BCUT2D eigenvalue weighted by molar-refractivity contribution is 5.89. The van der Waals surface area contributed by atoms with Crippen molar-refractivity contribution in [1.82, 2.24) is 0 Å². The average Bonchev–Trinajstić information content (AvgIpc) is 2.47. The molecule has 2 aromatic rings. The minimum absolute atomic E-state index is 0. The molecule has 2 N–H and O–H groups in total. The Bertz CT molecular complexity index is 544. The Labute approximate surface area is 111 Å². The summed E-state index contributed by atoms with van der Waals surface area (Å²) in [5.74, 6) is 0.521. The van der Waals surface area contributed by atoms with Gasteiger partial charge in [0.25, 0.3) is 0 Å². The molecule has 0 aliphatic rings. The molecule has 0 fully saturated rings. The molecular formula is C14H15ClN2. The van der Waals surface area contributed by atoms with Crippen molar-refractivity contribution in [3.05, 3.63) is 60.7 Å². The van der Waals surface area contributed by atoms with Crippen molar-refractivity contribution in [2.45, 2.75) is 6.92 Å². The normalized spacial score (nSPS) is 12.8. The summed E-state index contributed by atoms with van der Waals surface area (Å²) in [4.78, 5) is 1.25. The van der Waals surface area contributed by atoms with Crippen molar-refractivity contribution in [2.75, 3.05) is 5.31 Å². The summed E-state index contributed by atoms with van der Waals surface area (Å²) < 4.78 is 16.1. The molecule has 17 heavy (non-hydrogen) atoms. The van der Waals surface area contributed by atoms with E-state index in [9.17, 15) is 0 Å². The molecule has 0 aliphatic heterocycles. The van der Waals surface area contributed by atoms with E-state index in [2.05, 4.69) is 0 Å². The fourth-order valence-electron chi connectivity index (χ4n) is 1.40. The van der Waals surface area contributed by atoms with Gasteiger partial charge in [-0.1, -0.05) is 36.4 Å². The van der Waals surface area contributed by atoms with Gasteiger partial charge in [0, 0.05) is 6.92 Å². The maximum absolute atomic E-state index is 8.03. The number of nitrogens with one attached hydrogen (secondary N) is 2. The molecule has 0 aliphatic carbocycles. The molecule has 0 unspecified atom stereocenters. The molecule has 0 spiro atoms. The van der Waals surface area contributed by atoms with Crippen LogP contribution in [-0.2, 0) is 0 Å². The maximum atomic E-state index is 8.03. The molecular weight excluding hydrogens is 232 g/mol. The quantitative estimate of drug-likeness (QED) is 0.514. The molecule has 2 aromatic carbocycles. The van der Waals surface area contributed by atoms with E-state index in [1.54, 1.807) is 6.92 Å². The Balaban J connectivity index is 0.00000180. The van der Waals surface area contributed by atoms with Gasteiger partial charge >= 0.3 is 2.82 Å². The standard InChI is InChI=1S/C14H14N2.ClH/c1-12(15-13-8-4-2-5-9-13)16-14-10-6-3-7-11-14;/h2-11H,1H3,(H,15,16);1H/i/hD2. The Morgan fingerprint density at radius 3 is 2.18 bits per heavy atom. The Hall–Kier alpha value is -1.80. The fraction of sp³-hybridized carbons (Fsp3) is 0.0714. The number of amidine groups is 1. The number of anilines is 1. The van der Waals surface area contributed by atoms with Crippen LogP contribution in [0.4, 0.5) is 11.4 Å². The van der Waals surface area contributed by atoms with Crippen molar-refractivity contribution in [3.8, 4) is 0 Å². The fourth-order valence-corrected chi connectivity index (χ4v) is 1.40. The number of rotatable bonds is 2. The third kappa shape index (κ3) is 4.29. The predicted molar refractivity (Wildman–Crippen MR) is 67.8 cm³/mol. The van der Waals surface area contributed by atoms with Gasteiger partial charge in [-0.25, -0.2) is 10.3 Å². The third-order valence-corrected chi connectivity index (χ3v) is 2.09. The largest absolute Gasteiger partial charge is 1.00 e. The van der Waals surface area contributed by atoms with E-state index in [-0.39, 0.29) is 12.4 Å². The number of hydrogen-bond acceptors (Lipinski definition) is 0. The highest BCUT2D eigenvalue weighted by Gasteiger charge is 2.00. The third-order valence-electron chi connectivity index (χ3n) is 2.09. The smallest absolute Gasteiger partial charge is 0.312 e. The number of benzene rings is 2. The molecule has 2 nitrogen and oxygen atoms in total. The summed E-state index contributed by atoms with van der Waals surface area (Å²) >= 11 is 0. The van der Waals surface area contributed by atoms with Gasteiger partial charge in [-0.3, -0.25) is 0 Å². The second-order valence-corrected chi connectivity index (χ2v) is 3.44. The maximum Gasteiger partial charge on any atom is 0.312 e. The van der Waals surface area contributed by atoms with Crippen LogP contribution in [-0.4, -0.2) is 5.84 Å². The van der Waals surface area contributed by atoms with Gasteiger partial charge in [0.1, 0.15) is 11.4 Å². The zero-order chi connectivity index (χ0) is 13.0. The van der Waals surface area contributed by atoms with Gasteiger partial charge in [-0.05, 0) is 24.3 Å². The summed E-state index contributed by atoms with van der Waals surface area (Å²) in [6.45, 7) is 1.75. The molecule has 2 rings (SSSR count). The molecule has 3 heteroatoms. The summed E-state index contributed by atoms with van der Waals surface area (Å²) in [5, 5.41) is 1.25. The van der Waals surface area contributed by atoms with Crippen LogP contribution in [0.25, 0.3) is 0 Å². The van der Waals surface area contributed by atoms with Gasteiger partial charge in [0.15, 0.2) is 0 Å². The van der Waals surface area contributed by atoms with E-state index in [0.717, 1.165) is 11.4 Å². The minimum atomic E-state index is 0. The lowest BCUT2D eigenvalue weighted by Crippen LogP contribution is -3.00. The van der Waals surface area contributed by atoms with Gasteiger partial charge in [-0.15, -0.1) is 0 Å². The minimum Gasteiger partial charge on any atom is -1.00 e. The summed E-state index contributed by atoms with van der Waals surface area (Å²) in [7, 11) is 0. The van der Waals surface area contributed by atoms with Crippen LogP contribution in [0.2, 0.25) is 2.82 Å². The predicted octanol–water partition coefficient (Wildman–Crippen LogP) is -1.07. The molecule has 0 amide bonds. The molecule has 0 saturated heterocycles. The van der Waals surface area contributed by atoms with Crippen molar-refractivity contribution < 1.29 is 20.2 Å². The summed E-state index contributed by atoms with van der Waals surface area (Å²) in [6, 6.07) is 18.7. The SMILES string of the molecule is [2H]N(/C(C)=[N+](\[2H])c1ccccc1)c1ccccc1.[Cl-]. The first-order chi connectivity index (χ1) is 8.70. The molecule has 0 radical (unpaired) electrons. The van der Waals surface area contributed by atoms with Crippen molar-refractivity contribution in [3.63, 3.8) is 0 Å². The van der Waals surface area contributed by atoms with Crippen LogP contribution in [0.1, 0.15) is 6.92 Å². The van der Waals surface area contributed by atoms with Crippen LogP contribution in [0.15, 0.2) is 60.7 Å². The van der Waals surface area contributed by atoms with E-state index in [1.807, 2.05) is 60.7 Å². The van der Waals surface area contributed by atoms with E-state index in [0.29, 0.717) is 5.84 Å². The van der Waals surface area contributed by atoms with Crippen molar-refractivity contribution in [1.29, 1.82) is 0 Å². The highest BCUT2D eigenvalue weighted by atomic mass is 35.5. The molecule has 0 bridgehead atoms. The first-order valence-corrected chi connectivity index (χ1v) is 5.22. The van der Waals surface area contributed by atoms with Gasteiger partial charge < -0.3 is 12.4 Å². The van der Waals surface area contributed by atoms with Gasteiger partial charge in [-0.2, -0.15) is 0 Å². The molecule has 0 heterocycles. The summed E-state index contributed by atoms with van der Waals surface area (Å²) in [6.07, 6.45) is 0. The Morgan fingerprint density at radius 1 is 1.06 bits per heavy atom. The Morgan fingerprint density at radius 2 is 1.59 bits per heavy atom. The van der Waals surface area contributed by atoms with Crippen molar-refractivity contribution >= 4 is 17.2 Å². The number of halogens is 1. The molecule has 0 aromatic heterocycles. The highest BCUT2D eigenvalue weighted by Crippen LogP contribution is 2.03. The van der Waals surface area contributed by atoms with E-state index < -0.39 is 0 Å². The zero-order valence-electron chi connectivity index (χ0n) is 11.5. The van der Waals surface area contributed by atoms with Crippen LogP contribution in [0.3, 0.4) is 0 Å². The summed E-state index contributed by atoms with van der Waals surface area (Å²) in [5.41, 5.74) is 1.48. The van der Waals surface area contributed by atoms with E-state index >= 15 is 0 Å². The zero-order valence-corrected chi connectivity index (χ0v) is 10.3. The van der Waals surface area contributed by atoms with E-state index in [1.165, 1.54) is 10.3 Å². The molecule has 0 saturated carbocycles. The van der Waals surface area contributed by atoms with Crippen LogP contribution in [0.5, 0.6) is 0 Å². The van der Waals surface area contributed by atoms with Crippen LogP contribution >= 0.6 is 0 Å². The molecule has 0 atom stereocenters. The Kier molecular flexibility index (Phi) is 4.09. The number of para-hydroxylation sites is 2. The lowest BCUT2D eigenvalue weighted by Gasteiger charge is -1.97. The van der Waals surface area contributed by atoms with Crippen LogP contribution in [0, 0.1) is 0 Å². The molecule has 88 valence electrons. The monoisotopic (exact) mass is 248 g/mol.